The van der Waals surface area contributed by atoms with Gasteiger partial charge in [-0.3, -0.25) is 19.5 Å². The summed E-state index contributed by atoms with van der Waals surface area (Å²) in [5.41, 5.74) is 1.30. The van der Waals surface area contributed by atoms with Crippen molar-refractivity contribution in [3.05, 3.63) is 89.8 Å². The van der Waals surface area contributed by atoms with Crippen molar-refractivity contribution in [1.82, 2.24) is 4.98 Å². The first-order valence-corrected chi connectivity index (χ1v) is 10.1. The zero-order valence-electron chi connectivity index (χ0n) is 17.7. The van der Waals surface area contributed by atoms with Gasteiger partial charge in [-0.25, -0.2) is 0 Å². The lowest BCUT2D eigenvalue weighted by atomic mass is 9.98. The Labute approximate surface area is 185 Å². The van der Waals surface area contributed by atoms with Crippen molar-refractivity contribution in [3.8, 4) is 11.5 Å². The van der Waals surface area contributed by atoms with Gasteiger partial charge in [-0.1, -0.05) is 12.1 Å². The second kappa shape index (κ2) is 8.93. The van der Waals surface area contributed by atoms with Gasteiger partial charge in [0, 0.05) is 23.5 Å². The molecule has 162 valence electrons. The summed E-state index contributed by atoms with van der Waals surface area (Å²) in [5.74, 6) is -0.624. The second-order valence-electron chi connectivity index (χ2n) is 7.08. The first kappa shape index (κ1) is 21.1. The molecular weight excluding hydrogens is 408 g/mol. The third-order valence-electron chi connectivity index (χ3n) is 5.18. The fraction of sp³-hybridized carbons (Fsp3) is 0.160. The van der Waals surface area contributed by atoms with E-state index in [4.69, 9.17) is 9.47 Å². The number of aliphatic hydroxyl groups excluding tert-OH is 1. The van der Waals surface area contributed by atoms with Crippen LogP contribution in [0.1, 0.15) is 24.2 Å². The minimum atomic E-state index is -0.894. The van der Waals surface area contributed by atoms with Crippen molar-refractivity contribution in [2.75, 3.05) is 18.6 Å². The average molecular weight is 430 g/mol. The number of methoxy groups -OCH3 is 1. The fourth-order valence-electron chi connectivity index (χ4n) is 3.71. The maximum atomic E-state index is 13.1. The molecule has 1 aliphatic heterocycles. The highest BCUT2D eigenvalue weighted by Gasteiger charge is 2.47. The number of aliphatic hydroxyl groups is 1. The molecule has 0 bridgehead atoms. The summed E-state index contributed by atoms with van der Waals surface area (Å²) in [6.45, 7) is 2.39. The molecule has 2 aromatic carbocycles. The van der Waals surface area contributed by atoms with Crippen LogP contribution in [0.4, 0.5) is 5.69 Å². The van der Waals surface area contributed by atoms with E-state index in [0.29, 0.717) is 35.1 Å². The van der Waals surface area contributed by atoms with Crippen LogP contribution in [0.25, 0.3) is 5.76 Å². The molecule has 7 heteroatoms. The van der Waals surface area contributed by atoms with Gasteiger partial charge in [0.05, 0.1) is 25.0 Å². The molecule has 0 aliphatic carbocycles. The van der Waals surface area contributed by atoms with E-state index in [1.807, 2.05) is 6.92 Å². The van der Waals surface area contributed by atoms with Gasteiger partial charge in [-0.15, -0.1) is 0 Å². The van der Waals surface area contributed by atoms with Crippen LogP contribution in [0, 0.1) is 0 Å². The summed E-state index contributed by atoms with van der Waals surface area (Å²) in [6.07, 6.45) is 1.58. The van der Waals surface area contributed by atoms with Gasteiger partial charge in [-0.2, -0.15) is 0 Å². The Morgan fingerprint density at radius 1 is 1.03 bits per heavy atom. The van der Waals surface area contributed by atoms with Crippen LogP contribution >= 0.6 is 0 Å². The molecule has 3 aromatic rings. The van der Waals surface area contributed by atoms with Crippen molar-refractivity contribution in [2.45, 2.75) is 13.0 Å². The molecule has 1 amide bonds. The summed E-state index contributed by atoms with van der Waals surface area (Å²) < 4.78 is 10.7. The number of carbonyl (C=O) groups excluding carboxylic acids is 2. The van der Waals surface area contributed by atoms with E-state index < -0.39 is 17.7 Å². The van der Waals surface area contributed by atoms with Gasteiger partial charge < -0.3 is 14.6 Å². The van der Waals surface area contributed by atoms with Crippen LogP contribution in [0.3, 0.4) is 0 Å². The molecule has 1 N–H and O–H groups in total. The number of anilines is 1. The standard InChI is InChI=1S/C25H22N2O5/c1-3-32-18-12-10-16(11-13-18)23(28)21-22(20-9-4-5-14-26-20)27(25(30)24(21)29)17-7-6-8-19(15-17)31-2/h4-15,22,28H,3H2,1-2H3/b23-21+. The Hall–Kier alpha value is -4.13. The summed E-state index contributed by atoms with van der Waals surface area (Å²) in [6, 6.07) is 17.9. The van der Waals surface area contributed by atoms with Crippen LogP contribution in [0.15, 0.2) is 78.5 Å². The maximum absolute atomic E-state index is 13.1. The summed E-state index contributed by atoms with van der Waals surface area (Å²) in [4.78, 5) is 31.9. The third-order valence-corrected chi connectivity index (χ3v) is 5.18. The van der Waals surface area contributed by atoms with Gasteiger partial charge in [0.1, 0.15) is 23.3 Å². The number of benzene rings is 2. The number of aromatic nitrogens is 1. The molecule has 0 spiro atoms. The highest BCUT2D eigenvalue weighted by atomic mass is 16.5. The molecule has 1 saturated heterocycles. The highest BCUT2D eigenvalue weighted by Crippen LogP contribution is 2.42. The van der Waals surface area contributed by atoms with Crippen LogP contribution in [-0.4, -0.2) is 35.5 Å². The van der Waals surface area contributed by atoms with Crippen molar-refractivity contribution >= 4 is 23.1 Å². The van der Waals surface area contributed by atoms with Gasteiger partial charge >= 0.3 is 0 Å². The number of hydrogen-bond donors (Lipinski definition) is 1. The molecule has 1 unspecified atom stereocenters. The molecule has 1 aromatic heterocycles. The summed E-state index contributed by atoms with van der Waals surface area (Å²) >= 11 is 0. The van der Waals surface area contributed by atoms with E-state index in [9.17, 15) is 14.7 Å². The van der Waals surface area contributed by atoms with Crippen LogP contribution in [0.5, 0.6) is 11.5 Å². The Morgan fingerprint density at radius 2 is 1.81 bits per heavy atom. The fourth-order valence-corrected chi connectivity index (χ4v) is 3.71. The minimum Gasteiger partial charge on any atom is -0.507 e. The molecule has 1 atom stereocenters. The molecule has 2 heterocycles. The largest absolute Gasteiger partial charge is 0.507 e. The number of carbonyl (C=O) groups is 2. The van der Waals surface area contributed by atoms with Gasteiger partial charge in [0.15, 0.2) is 0 Å². The molecule has 32 heavy (non-hydrogen) atoms. The number of nitrogens with zero attached hydrogens (tertiary/aromatic N) is 2. The maximum Gasteiger partial charge on any atom is 0.300 e. The topological polar surface area (TPSA) is 89.0 Å². The average Bonchev–Trinajstić information content (AvgIpc) is 3.10. The minimum absolute atomic E-state index is 0.0271. The number of hydrogen-bond acceptors (Lipinski definition) is 6. The van der Waals surface area contributed by atoms with E-state index >= 15 is 0 Å². The first-order valence-electron chi connectivity index (χ1n) is 10.1. The van der Waals surface area contributed by atoms with E-state index in [-0.39, 0.29) is 11.3 Å². The van der Waals surface area contributed by atoms with Crippen LogP contribution in [-0.2, 0) is 9.59 Å². The third kappa shape index (κ3) is 3.80. The smallest absolute Gasteiger partial charge is 0.300 e. The van der Waals surface area contributed by atoms with Crippen molar-refractivity contribution in [2.24, 2.45) is 0 Å². The zero-order chi connectivity index (χ0) is 22.7. The molecule has 4 rings (SSSR count). The lowest BCUT2D eigenvalue weighted by Gasteiger charge is -2.24. The number of pyridine rings is 1. The number of amides is 1. The van der Waals surface area contributed by atoms with E-state index in [1.54, 1.807) is 72.9 Å². The van der Waals surface area contributed by atoms with E-state index in [0.717, 1.165) is 0 Å². The van der Waals surface area contributed by atoms with Crippen molar-refractivity contribution in [3.63, 3.8) is 0 Å². The van der Waals surface area contributed by atoms with Gasteiger partial charge in [0.2, 0.25) is 0 Å². The lowest BCUT2D eigenvalue weighted by molar-refractivity contribution is -0.132. The summed E-state index contributed by atoms with van der Waals surface area (Å²) in [5, 5.41) is 11.1. The second-order valence-corrected chi connectivity index (χ2v) is 7.08. The highest BCUT2D eigenvalue weighted by molar-refractivity contribution is 6.51. The Bertz CT molecular complexity index is 1170. The Kier molecular flexibility index (Phi) is 5.89. The normalized spacial score (nSPS) is 17.4. The van der Waals surface area contributed by atoms with Crippen LogP contribution < -0.4 is 14.4 Å². The van der Waals surface area contributed by atoms with Gasteiger partial charge in [0.25, 0.3) is 11.7 Å². The number of ether oxygens (including phenoxy) is 2. The summed E-state index contributed by atoms with van der Waals surface area (Å²) in [7, 11) is 1.52. The lowest BCUT2D eigenvalue weighted by Crippen LogP contribution is -2.29. The predicted molar refractivity (Wildman–Crippen MR) is 120 cm³/mol. The number of ketones is 1. The zero-order valence-corrected chi connectivity index (χ0v) is 17.7. The molecule has 1 fully saturated rings. The molecular formula is C25H22N2O5. The van der Waals surface area contributed by atoms with Crippen LogP contribution in [0.2, 0.25) is 0 Å². The van der Waals surface area contributed by atoms with Gasteiger partial charge in [-0.05, 0) is 55.5 Å². The van der Waals surface area contributed by atoms with E-state index in [1.165, 1.54) is 12.0 Å². The first-order chi connectivity index (χ1) is 15.5. The Morgan fingerprint density at radius 3 is 2.47 bits per heavy atom. The molecule has 7 nitrogen and oxygen atoms in total. The predicted octanol–water partition coefficient (Wildman–Crippen LogP) is 4.12. The SMILES string of the molecule is CCOc1ccc(/C(O)=C2\C(=O)C(=O)N(c3cccc(OC)c3)C2c2ccccn2)cc1. The monoisotopic (exact) mass is 430 g/mol. The quantitative estimate of drug-likeness (QED) is 0.360. The van der Waals surface area contributed by atoms with Crippen molar-refractivity contribution < 1.29 is 24.2 Å². The molecule has 1 aliphatic rings. The number of rotatable bonds is 6. The Balaban J connectivity index is 1.87. The van der Waals surface area contributed by atoms with Crippen molar-refractivity contribution in [1.29, 1.82) is 0 Å². The molecule has 0 radical (unpaired) electrons. The number of Topliss-reactive ketones (excluding diaryl/α,β-unsaturated/α-hetero) is 1. The van der Waals surface area contributed by atoms with E-state index in [2.05, 4.69) is 4.98 Å². The molecule has 0 saturated carbocycles.